The monoisotopic (exact) mass is 500 g/mol. The first kappa shape index (κ1) is 24.8. The van der Waals surface area contributed by atoms with Crippen molar-refractivity contribution in [3.8, 4) is 0 Å². The van der Waals surface area contributed by atoms with Crippen LogP contribution >= 0.6 is 0 Å². The number of nitrogens with zero attached hydrogens (tertiary/aromatic N) is 1. The van der Waals surface area contributed by atoms with Crippen LogP contribution < -0.4 is 0 Å². The van der Waals surface area contributed by atoms with Crippen LogP contribution in [-0.4, -0.2) is 32.4 Å². The average Bonchev–Trinajstić information content (AvgIpc) is 3.42. The minimum Gasteiger partial charge on any atom is -0.393 e. The molecule has 0 bridgehead atoms. The highest BCUT2D eigenvalue weighted by molar-refractivity contribution is 5.75. The summed E-state index contributed by atoms with van der Waals surface area (Å²) in [7, 11) is 0. The van der Waals surface area contributed by atoms with Gasteiger partial charge in [-0.15, -0.1) is 0 Å². The fourth-order valence-corrected chi connectivity index (χ4v) is 9.93. The van der Waals surface area contributed by atoms with Crippen molar-refractivity contribution in [2.45, 2.75) is 97.2 Å². The van der Waals surface area contributed by atoms with Crippen molar-refractivity contribution >= 4 is 11.0 Å². The van der Waals surface area contributed by atoms with Gasteiger partial charge in [-0.05, 0) is 116 Å². The Kier molecular flexibility index (Phi) is 6.03. The molecule has 6 rings (SSSR count). The van der Waals surface area contributed by atoms with Gasteiger partial charge in [-0.1, -0.05) is 20.8 Å². The van der Waals surface area contributed by atoms with E-state index in [4.69, 9.17) is 0 Å². The summed E-state index contributed by atoms with van der Waals surface area (Å²) in [6.07, 6.45) is 9.78. The van der Waals surface area contributed by atoms with E-state index in [1.807, 2.05) is 0 Å². The Labute approximate surface area is 213 Å². The second kappa shape index (κ2) is 8.76. The molecule has 1 unspecified atom stereocenters. The SMILES string of the molecule is CC(CCc1nc2c(F)c(F)ccc2[nH]1)[C@H]1CC[C@H]2[C@@H]3[C@@H](O)C[C@@H]4C[C@H](O)CC[C@]4(C)[C@H]3CC[C@]12C. The quantitative estimate of drug-likeness (QED) is 0.455. The summed E-state index contributed by atoms with van der Waals surface area (Å²) in [4.78, 5) is 7.55. The van der Waals surface area contributed by atoms with Crippen LogP contribution in [0.5, 0.6) is 0 Å². The van der Waals surface area contributed by atoms with Gasteiger partial charge in [0.25, 0.3) is 0 Å². The molecule has 0 spiro atoms. The van der Waals surface area contributed by atoms with Crippen molar-refractivity contribution in [2.75, 3.05) is 0 Å². The summed E-state index contributed by atoms with van der Waals surface area (Å²) in [5, 5.41) is 21.8. The number of imidazole rings is 1. The van der Waals surface area contributed by atoms with Crippen molar-refractivity contribution in [1.82, 2.24) is 9.97 Å². The first-order valence-electron chi connectivity index (χ1n) is 14.3. The van der Waals surface area contributed by atoms with E-state index in [9.17, 15) is 19.0 Å². The van der Waals surface area contributed by atoms with E-state index in [1.54, 1.807) is 6.07 Å². The normalized spacial score (nSPS) is 43.1. The number of rotatable bonds is 4. The molecule has 1 aromatic heterocycles. The predicted molar refractivity (Wildman–Crippen MR) is 136 cm³/mol. The maximum Gasteiger partial charge on any atom is 0.186 e. The number of aromatic nitrogens is 2. The summed E-state index contributed by atoms with van der Waals surface area (Å²) in [5.41, 5.74) is 1.14. The number of fused-ring (bicyclic) bond motifs is 6. The van der Waals surface area contributed by atoms with Gasteiger partial charge in [0.05, 0.1) is 17.7 Å². The lowest BCUT2D eigenvalue weighted by Gasteiger charge is -2.62. The van der Waals surface area contributed by atoms with Crippen LogP contribution in [-0.2, 0) is 6.42 Å². The zero-order valence-corrected chi connectivity index (χ0v) is 21.9. The van der Waals surface area contributed by atoms with E-state index in [2.05, 4.69) is 30.7 Å². The Hall–Kier alpha value is -1.53. The highest BCUT2D eigenvalue weighted by Crippen LogP contribution is 2.68. The molecule has 4 aliphatic rings. The van der Waals surface area contributed by atoms with E-state index in [0.29, 0.717) is 41.0 Å². The summed E-state index contributed by atoms with van der Waals surface area (Å²) >= 11 is 0. The Morgan fingerprint density at radius 2 is 1.78 bits per heavy atom. The van der Waals surface area contributed by atoms with Crippen molar-refractivity contribution in [2.24, 2.45) is 46.3 Å². The minimum absolute atomic E-state index is 0.0946. The van der Waals surface area contributed by atoms with Gasteiger partial charge < -0.3 is 15.2 Å². The third-order valence-electron chi connectivity index (χ3n) is 11.8. The standard InChI is InChI=1S/C30H42F2N2O2/c1-16(4-9-25-33-23-8-7-22(31)27(32)28(23)34-25)19-5-6-20-26-21(11-13-30(19,20)3)29(2)12-10-18(35)14-17(29)15-24(26)36/h7-8,16-21,24,26,35-36H,4-6,9-15H2,1-3H3,(H,33,34)/t16?,17-,18+,19+,20-,21-,24-,26-,29-,30+/m0/s1. The Morgan fingerprint density at radius 3 is 2.58 bits per heavy atom. The lowest BCUT2D eigenvalue weighted by Crippen LogP contribution is -2.58. The average molecular weight is 501 g/mol. The third-order valence-corrected chi connectivity index (χ3v) is 11.8. The van der Waals surface area contributed by atoms with Crippen LogP contribution in [0.15, 0.2) is 12.1 Å². The molecular weight excluding hydrogens is 458 g/mol. The molecule has 36 heavy (non-hydrogen) atoms. The van der Waals surface area contributed by atoms with Gasteiger partial charge in [-0.3, -0.25) is 0 Å². The number of nitrogens with one attached hydrogen (secondary N) is 1. The first-order valence-corrected chi connectivity index (χ1v) is 14.3. The van der Waals surface area contributed by atoms with Crippen LogP contribution in [0.25, 0.3) is 11.0 Å². The number of hydrogen-bond acceptors (Lipinski definition) is 3. The number of aliphatic hydroxyl groups is 2. The van der Waals surface area contributed by atoms with E-state index < -0.39 is 11.6 Å². The Bertz CT molecular complexity index is 1140. The van der Waals surface area contributed by atoms with E-state index >= 15 is 0 Å². The molecule has 4 fully saturated rings. The number of H-pyrrole nitrogens is 1. The maximum absolute atomic E-state index is 14.1. The molecule has 0 radical (unpaired) electrons. The molecule has 3 N–H and O–H groups in total. The summed E-state index contributed by atoms with van der Waals surface area (Å²) < 4.78 is 27.7. The molecule has 1 heterocycles. The van der Waals surface area contributed by atoms with Crippen LogP contribution in [0.4, 0.5) is 8.78 Å². The zero-order chi connectivity index (χ0) is 25.4. The van der Waals surface area contributed by atoms with Crippen molar-refractivity contribution in [3.05, 3.63) is 29.6 Å². The van der Waals surface area contributed by atoms with Crippen LogP contribution in [0.3, 0.4) is 0 Å². The lowest BCUT2D eigenvalue weighted by molar-refractivity contribution is -0.174. The molecule has 4 saturated carbocycles. The van der Waals surface area contributed by atoms with Gasteiger partial charge >= 0.3 is 0 Å². The van der Waals surface area contributed by atoms with Crippen LogP contribution in [0.2, 0.25) is 0 Å². The number of hydrogen-bond donors (Lipinski definition) is 3. The van der Waals surface area contributed by atoms with Crippen molar-refractivity contribution in [3.63, 3.8) is 0 Å². The van der Waals surface area contributed by atoms with Gasteiger partial charge in [0, 0.05) is 6.42 Å². The second-order valence-electron chi connectivity index (χ2n) is 13.4. The van der Waals surface area contributed by atoms with Gasteiger partial charge in [0.15, 0.2) is 11.6 Å². The molecule has 198 valence electrons. The molecule has 6 heteroatoms. The largest absolute Gasteiger partial charge is 0.393 e. The Balaban J connectivity index is 1.17. The third kappa shape index (κ3) is 3.68. The number of halogens is 2. The Morgan fingerprint density at radius 1 is 1.03 bits per heavy atom. The molecule has 0 amide bonds. The van der Waals surface area contributed by atoms with Crippen LogP contribution in [0, 0.1) is 58.0 Å². The molecule has 1 aromatic carbocycles. The molecular formula is C30H42F2N2O2. The van der Waals surface area contributed by atoms with Crippen molar-refractivity contribution < 1.29 is 19.0 Å². The number of aryl methyl sites for hydroxylation is 1. The predicted octanol–water partition coefficient (Wildman–Crippen LogP) is 6.40. The molecule has 0 aliphatic heterocycles. The van der Waals surface area contributed by atoms with Crippen LogP contribution in [0.1, 0.15) is 84.4 Å². The minimum atomic E-state index is -0.875. The molecule has 0 saturated heterocycles. The second-order valence-corrected chi connectivity index (χ2v) is 13.4. The lowest BCUT2D eigenvalue weighted by atomic mass is 9.43. The fraction of sp³-hybridized carbons (Fsp3) is 0.767. The van der Waals surface area contributed by atoms with Gasteiger partial charge in [-0.25, -0.2) is 13.8 Å². The van der Waals surface area contributed by atoms with Gasteiger partial charge in [-0.2, -0.15) is 0 Å². The molecule has 10 atom stereocenters. The molecule has 2 aromatic rings. The first-order chi connectivity index (χ1) is 17.1. The summed E-state index contributed by atoms with van der Waals surface area (Å²) in [6.45, 7) is 7.31. The molecule has 4 aliphatic carbocycles. The number of aliphatic hydroxyl groups excluding tert-OH is 2. The fourth-order valence-electron chi connectivity index (χ4n) is 9.93. The highest BCUT2D eigenvalue weighted by atomic mass is 19.2. The number of benzene rings is 1. The zero-order valence-electron chi connectivity index (χ0n) is 21.9. The topological polar surface area (TPSA) is 69.1 Å². The highest BCUT2D eigenvalue weighted by Gasteiger charge is 2.62. The summed E-state index contributed by atoms with van der Waals surface area (Å²) in [5.74, 6) is 2.05. The summed E-state index contributed by atoms with van der Waals surface area (Å²) in [6, 6.07) is 2.71. The maximum atomic E-state index is 14.1. The van der Waals surface area contributed by atoms with Gasteiger partial charge in [0.1, 0.15) is 11.3 Å². The smallest absolute Gasteiger partial charge is 0.186 e. The van der Waals surface area contributed by atoms with Gasteiger partial charge in [0.2, 0.25) is 0 Å². The molecule has 4 nitrogen and oxygen atoms in total. The van der Waals surface area contributed by atoms with E-state index in [-0.39, 0.29) is 28.6 Å². The van der Waals surface area contributed by atoms with E-state index in [1.165, 1.54) is 25.7 Å². The van der Waals surface area contributed by atoms with Crippen molar-refractivity contribution in [1.29, 1.82) is 0 Å². The number of aromatic amines is 1. The van der Waals surface area contributed by atoms with E-state index in [0.717, 1.165) is 50.4 Å².